The highest BCUT2D eigenvalue weighted by Gasteiger charge is 2.63. The fourth-order valence-corrected chi connectivity index (χ4v) is 5.43. The van der Waals surface area contributed by atoms with Crippen LogP contribution in [0.4, 0.5) is 0 Å². The Morgan fingerprint density at radius 1 is 1.22 bits per heavy atom. The predicted octanol–water partition coefficient (Wildman–Crippen LogP) is 0.329. The summed E-state index contributed by atoms with van der Waals surface area (Å²) < 4.78 is 4.97. The molecule has 2 atom stereocenters. The Hall–Kier alpha value is -1.14. The van der Waals surface area contributed by atoms with E-state index in [0.29, 0.717) is 5.92 Å². The monoisotopic (exact) mass is 323 g/mol. The standard InChI is InChI=1S/C17H29N3O3/c1-18-15(22)17-5-4-16(13(17)10-19(2)12-17)6-8-20(9-7-16)14(21)11-23-3/h13H,4-12H2,1-3H3,(H,18,22)/t13-,17+/m0/s1. The predicted molar refractivity (Wildman–Crippen MR) is 86.8 cm³/mol. The smallest absolute Gasteiger partial charge is 0.248 e. The highest BCUT2D eigenvalue weighted by Crippen LogP contribution is 2.61. The molecule has 0 aromatic rings. The van der Waals surface area contributed by atoms with Crippen molar-refractivity contribution in [2.45, 2.75) is 25.7 Å². The van der Waals surface area contributed by atoms with E-state index < -0.39 is 0 Å². The van der Waals surface area contributed by atoms with Gasteiger partial charge in [0, 0.05) is 40.3 Å². The summed E-state index contributed by atoms with van der Waals surface area (Å²) in [6.07, 6.45) is 4.12. The van der Waals surface area contributed by atoms with Gasteiger partial charge in [0.2, 0.25) is 11.8 Å². The van der Waals surface area contributed by atoms with E-state index >= 15 is 0 Å². The van der Waals surface area contributed by atoms with Gasteiger partial charge in [0.25, 0.3) is 0 Å². The molecule has 1 spiro atoms. The molecule has 0 aromatic heterocycles. The molecule has 3 fully saturated rings. The molecule has 23 heavy (non-hydrogen) atoms. The number of fused-ring (bicyclic) bond motifs is 2. The van der Waals surface area contributed by atoms with Gasteiger partial charge in [-0.1, -0.05) is 0 Å². The third-order valence-corrected chi connectivity index (χ3v) is 6.58. The minimum Gasteiger partial charge on any atom is -0.375 e. The summed E-state index contributed by atoms with van der Waals surface area (Å²) in [5.41, 5.74) is 0.00330. The Kier molecular flexibility index (Phi) is 4.40. The average Bonchev–Trinajstić information content (AvgIpc) is 3.03. The lowest BCUT2D eigenvalue weighted by atomic mass is 9.65. The maximum absolute atomic E-state index is 12.6. The lowest BCUT2D eigenvalue weighted by Crippen LogP contribution is -2.49. The van der Waals surface area contributed by atoms with Gasteiger partial charge in [-0.3, -0.25) is 9.59 Å². The Labute approximate surface area is 138 Å². The van der Waals surface area contributed by atoms with Gasteiger partial charge in [-0.25, -0.2) is 0 Å². The van der Waals surface area contributed by atoms with Crippen LogP contribution >= 0.6 is 0 Å². The van der Waals surface area contributed by atoms with Crippen LogP contribution in [-0.4, -0.2) is 75.6 Å². The van der Waals surface area contributed by atoms with Crippen molar-refractivity contribution in [3.05, 3.63) is 0 Å². The maximum Gasteiger partial charge on any atom is 0.248 e. The van der Waals surface area contributed by atoms with Crippen molar-refractivity contribution < 1.29 is 14.3 Å². The average molecular weight is 323 g/mol. The molecule has 1 aliphatic carbocycles. The van der Waals surface area contributed by atoms with Crippen molar-refractivity contribution in [3.8, 4) is 0 Å². The van der Waals surface area contributed by atoms with Gasteiger partial charge in [-0.15, -0.1) is 0 Å². The van der Waals surface area contributed by atoms with E-state index in [9.17, 15) is 9.59 Å². The molecule has 2 amide bonds. The molecule has 2 heterocycles. The summed E-state index contributed by atoms with van der Waals surface area (Å²) in [6.45, 7) is 3.63. The molecule has 6 heteroatoms. The zero-order chi connectivity index (χ0) is 16.7. The van der Waals surface area contributed by atoms with E-state index in [4.69, 9.17) is 4.74 Å². The fraction of sp³-hybridized carbons (Fsp3) is 0.882. The highest BCUT2D eigenvalue weighted by atomic mass is 16.5. The van der Waals surface area contributed by atoms with Gasteiger partial charge in [-0.05, 0) is 44.1 Å². The van der Waals surface area contributed by atoms with Crippen molar-refractivity contribution in [1.82, 2.24) is 15.1 Å². The Morgan fingerprint density at radius 2 is 1.91 bits per heavy atom. The Bertz CT molecular complexity index is 487. The molecule has 0 aromatic carbocycles. The van der Waals surface area contributed by atoms with E-state index in [1.807, 2.05) is 4.90 Å². The first-order chi connectivity index (χ1) is 11.0. The number of piperidine rings is 1. The largest absolute Gasteiger partial charge is 0.375 e. The van der Waals surface area contributed by atoms with E-state index in [-0.39, 0.29) is 29.3 Å². The van der Waals surface area contributed by atoms with Crippen molar-refractivity contribution in [2.75, 3.05) is 54.0 Å². The Balaban J connectivity index is 1.75. The normalized spacial score (nSPS) is 33.0. The van der Waals surface area contributed by atoms with E-state index in [1.165, 1.54) is 0 Å². The molecule has 0 unspecified atom stereocenters. The summed E-state index contributed by atoms with van der Waals surface area (Å²) in [4.78, 5) is 28.9. The number of carbonyl (C=O) groups excluding carboxylic acids is 2. The summed E-state index contributed by atoms with van der Waals surface area (Å²) in [6, 6.07) is 0. The Morgan fingerprint density at radius 3 is 2.52 bits per heavy atom. The zero-order valence-corrected chi connectivity index (χ0v) is 14.6. The number of rotatable bonds is 3. The molecule has 1 N–H and O–H groups in total. The SMILES string of the molecule is CNC(=O)[C@@]12CCC3(CCN(C(=O)COC)CC3)[C@@H]1CN(C)C2. The quantitative estimate of drug-likeness (QED) is 0.813. The highest BCUT2D eigenvalue weighted by molar-refractivity contribution is 5.84. The molecule has 6 nitrogen and oxygen atoms in total. The van der Waals surface area contributed by atoms with Gasteiger partial charge in [0.1, 0.15) is 6.61 Å². The molecule has 2 aliphatic heterocycles. The number of carbonyl (C=O) groups is 2. The molecule has 130 valence electrons. The molecular weight excluding hydrogens is 294 g/mol. The summed E-state index contributed by atoms with van der Waals surface area (Å²) >= 11 is 0. The number of methoxy groups -OCH3 is 1. The number of nitrogens with one attached hydrogen (secondary N) is 1. The number of nitrogens with zero attached hydrogens (tertiary/aromatic N) is 2. The second-order valence-corrected chi connectivity index (χ2v) is 7.66. The second kappa shape index (κ2) is 6.06. The van der Waals surface area contributed by atoms with Gasteiger partial charge < -0.3 is 19.9 Å². The van der Waals surface area contributed by atoms with E-state index in [1.54, 1.807) is 14.2 Å². The van der Waals surface area contributed by atoms with Crippen molar-refractivity contribution in [3.63, 3.8) is 0 Å². The molecule has 1 saturated carbocycles. The third kappa shape index (κ3) is 2.56. The first kappa shape index (κ1) is 16.7. The van der Waals surface area contributed by atoms with Gasteiger partial charge in [-0.2, -0.15) is 0 Å². The van der Waals surface area contributed by atoms with Crippen LogP contribution in [0.15, 0.2) is 0 Å². The first-order valence-electron chi connectivity index (χ1n) is 8.65. The zero-order valence-electron chi connectivity index (χ0n) is 14.6. The van der Waals surface area contributed by atoms with Crippen LogP contribution in [0.3, 0.4) is 0 Å². The molecule has 0 bridgehead atoms. The maximum atomic E-state index is 12.6. The summed E-state index contributed by atoms with van der Waals surface area (Å²) in [5.74, 6) is 0.711. The fourth-order valence-electron chi connectivity index (χ4n) is 5.43. The van der Waals surface area contributed by atoms with Gasteiger partial charge >= 0.3 is 0 Å². The minimum absolute atomic E-state index is 0.0847. The lowest BCUT2D eigenvalue weighted by molar-refractivity contribution is -0.139. The number of hydrogen-bond donors (Lipinski definition) is 1. The van der Waals surface area contributed by atoms with E-state index in [2.05, 4.69) is 17.3 Å². The van der Waals surface area contributed by atoms with Crippen molar-refractivity contribution >= 4 is 11.8 Å². The van der Waals surface area contributed by atoms with Crippen LogP contribution in [-0.2, 0) is 14.3 Å². The van der Waals surface area contributed by atoms with Gasteiger partial charge in [0.05, 0.1) is 5.41 Å². The van der Waals surface area contributed by atoms with E-state index in [0.717, 1.165) is 51.9 Å². The first-order valence-corrected chi connectivity index (χ1v) is 8.65. The molecule has 0 radical (unpaired) electrons. The van der Waals surface area contributed by atoms with Crippen LogP contribution in [0.1, 0.15) is 25.7 Å². The molecular formula is C17H29N3O3. The van der Waals surface area contributed by atoms with Crippen LogP contribution in [0.25, 0.3) is 0 Å². The summed E-state index contributed by atoms with van der Waals surface area (Å²) in [7, 11) is 5.43. The number of amides is 2. The third-order valence-electron chi connectivity index (χ3n) is 6.58. The topological polar surface area (TPSA) is 61.9 Å². The molecule has 3 rings (SSSR count). The minimum atomic E-state index is -0.220. The lowest BCUT2D eigenvalue weighted by Gasteiger charge is -2.44. The number of likely N-dealkylation sites (tertiary alicyclic amines) is 2. The van der Waals surface area contributed by atoms with Gasteiger partial charge in [0.15, 0.2) is 0 Å². The van der Waals surface area contributed by atoms with Crippen LogP contribution in [0.5, 0.6) is 0 Å². The van der Waals surface area contributed by atoms with Crippen LogP contribution in [0, 0.1) is 16.7 Å². The van der Waals surface area contributed by atoms with Crippen LogP contribution < -0.4 is 5.32 Å². The number of ether oxygens (including phenoxy) is 1. The second-order valence-electron chi connectivity index (χ2n) is 7.66. The van der Waals surface area contributed by atoms with Crippen molar-refractivity contribution in [1.29, 1.82) is 0 Å². The van der Waals surface area contributed by atoms with Crippen LogP contribution in [0.2, 0.25) is 0 Å². The summed E-state index contributed by atoms with van der Waals surface area (Å²) in [5, 5.41) is 2.91. The van der Waals surface area contributed by atoms with Crippen molar-refractivity contribution in [2.24, 2.45) is 16.7 Å². The molecule has 3 aliphatic rings. The number of hydrogen-bond acceptors (Lipinski definition) is 4. The molecule has 2 saturated heterocycles.